The molecule has 3 nitrogen and oxygen atoms in total. The second kappa shape index (κ2) is 8.60. The van der Waals surface area contributed by atoms with E-state index >= 15 is 0 Å². The van der Waals surface area contributed by atoms with Crippen molar-refractivity contribution in [2.24, 2.45) is 10.9 Å². The van der Waals surface area contributed by atoms with Gasteiger partial charge in [0.05, 0.1) is 0 Å². The Morgan fingerprint density at radius 3 is 2.79 bits per heavy atom. The predicted molar refractivity (Wildman–Crippen MR) is 79.8 cm³/mol. The molecule has 19 heavy (non-hydrogen) atoms. The molecule has 0 aliphatic heterocycles. The van der Waals surface area contributed by atoms with E-state index in [2.05, 4.69) is 43.3 Å². The van der Waals surface area contributed by atoms with Gasteiger partial charge in [-0.15, -0.1) is 0 Å². The van der Waals surface area contributed by atoms with E-state index in [-0.39, 0.29) is 6.04 Å². The van der Waals surface area contributed by atoms with E-state index in [0.29, 0.717) is 0 Å². The van der Waals surface area contributed by atoms with Crippen LogP contribution in [-0.4, -0.2) is 15.8 Å². The number of hydrazone groups is 1. The van der Waals surface area contributed by atoms with Crippen molar-refractivity contribution in [1.82, 2.24) is 5.32 Å². The summed E-state index contributed by atoms with van der Waals surface area (Å²) in [6, 6.07) is 0.271. The minimum absolute atomic E-state index is 0.271. The zero-order chi connectivity index (χ0) is 14.3. The molecule has 0 aromatic carbocycles. The molecule has 0 aromatic rings. The standard InChI is InChI=1S/C15H25N3.W/c1-4-8-13-12(6-3)9-7-10-14(15(13)18-16)17-11-5-2;/h4,8,14,17H,5-7,9-10,16H2,1-3H3;/b8-4-,18-15-;. The zero-order valence-corrected chi connectivity index (χ0v) is 15.1. The Bertz CT molecular complexity index is 408. The fourth-order valence-corrected chi connectivity index (χ4v) is 3.00. The fourth-order valence-electron chi connectivity index (χ4n) is 2.49. The average molecular weight is 431 g/mol. The number of allylic oxidation sites excluding steroid dienone is 3. The first-order valence-electron chi connectivity index (χ1n) is 7.10. The van der Waals surface area contributed by atoms with Crippen LogP contribution in [0, 0.1) is 0 Å². The summed E-state index contributed by atoms with van der Waals surface area (Å²) in [5.74, 6) is 5.70. The summed E-state index contributed by atoms with van der Waals surface area (Å²) >= 11 is 1.50. The molecule has 0 radical (unpaired) electrons. The van der Waals surface area contributed by atoms with Crippen LogP contribution >= 0.6 is 0 Å². The molecular formula is C15H25N3W. The van der Waals surface area contributed by atoms with E-state index in [4.69, 9.17) is 5.84 Å². The van der Waals surface area contributed by atoms with Crippen LogP contribution in [0.3, 0.4) is 0 Å². The molecule has 106 valence electrons. The fraction of sp³-hybridized carbons (Fsp3) is 0.600. The zero-order valence-electron chi connectivity index (χ0n) is 12.2. The van der Waals surface area contributed by atoms with Crippen molar-refractivity contribution in [3.8, 4) is 0 Å². The summed E-state index contributed by atoms with van der Waals surface area (Å²) in [6.07, 6.45) is 9.87. The van der Waals surface area contributed by atoms with Gasteiger partial charge in [0.15, 0.2) is 0 Å². The summed E-state index contributed by atoms with van der Waals surface area (Å²) in [4.78, 5) is 0. The Morgan fingerprint density at radius 1 is 1.53 bits per heavy atom. The van der Waals surface area contributed by atoms with Gasteiger partial charge >= 0.3 is 128 Å². The van der Waals surface area contributed by atoms with Gasteiger partial charge in [-0.1, -0.05) is 0 Å². The van der Waals surface area contributed by atoms with Crippen LogP contribution in [0.4, 0.5) is 0 Å². The van der Waals surface area contributed by atoms with Gasteiger partial charge in [0.25, 0.3) is 0 Å². The van der Waals surface area contributed by atoms with Crippen LogP contribution in [0.5, 0.6) is 0 Å². The van der Waals surface area contributed by atoms with E-state index < -0.39 is 0 Å². The second-order valence-electron chi connectivity index (χ2n) is 4.75. The first kappa shape index (κ1) is 16.5. The molecule has 1 aliphatic rings. The van der Waals surface area contributed by atoms with Gasteiger partial charge in [0.1, 0.15) is 0 Å². The third kappa shape index (κ3) is 4.50. The third-order valence-electron chi connectivity index (χ3n) is 3.51. The topological polar surface area (TPSA) is 50.4 Å². The first-order valence-corrected chi connectivity index (χ1v) is 8.56. The van der Waals surface area contributed by atoms with E-state index in [1.165, 1.54) is 40.9 Å². The SMILES string of the molecule is C/C=C\C1=C(CC)CCCC(N[C](=[W])CC)/C1=N\N. The second-order valence-corrected chi connectivity index (χ2v) is 6.52. The van der Waals surface area contributed by atoms with Crippen LogP contribution in [-0.2, 0) is 19.4 Å². The van der Waals surface area contributed by atoms with Crippen LogP contribution in [0.2, 0.25) is 0 Å². The maximum atomic E-state index is 5.70. The number of nitrogens with zero attached hydrogens (tertiary/aromatic N) is 1. The summed E-state index contributed by atoms with van der Waals surface area (Å²) in [5, 5.41) is 7.73. The third-order valence-corrected chi connectivity index (χ3v) is 4.97. The monoisotopic (exact) mass is 431 g/mol. The van der Waals surface area contributed by atoms with Gasteiger partial charge in [-0.25, -0.2) is 0 Å². The molecule has 0 bridgehead atoms. The predicted octanol–water partition coefficient (Wildman–Crippen LogP) is 2.81. The van der Waals surface area contributed by atoms with E-state index in [9.17, 15) is 0 Å². The molecule has 0 amide bonds. The van der Waals surface area contributed by atoms with Crippen molar-refractivity contribution in [2.75, 3.05) is 0 Å². The Kier molecular flexibility index (Phi) is 7.48. The van der Waals surface area contributed by atoms with E-state index in [0.717, 1.165) is 31.4 Å². The van der Waals surface area contributed by atoms with Crippen molar-refractivity contribution in [2.45, 2.75) is 58.9 Å². The molecule has 4 heteroatoms. The van der Waals surface area contributed by atoms with Crippen molar-refractivity contribution >= 4 is 9.73 Å². The molecule has 1 rings (SSSR count). The average Bonchev–Trinajstić information content (AvgIpc) is 2.58. The van der Waals surface area contributed by atoms with Crippen LogP contribution in [0.25, 0.3) is 0 Å². The number of nitrogens with one attached hydrogen (secondary N) is 1. The molecule has 0 saturated heterocycles. The maximum absolute atomic E-state index is 5.70. The van der Waals surface area contributed by atoms with Crippen LogP contribution in [0.15, 0.2) is 28.4 Å². The summed E-state index contributed by atoms with van der Waals surface area (Å²) < 4.78 is 1.38. The molecule has 1 unspecified atom stereocenters. The number of hydrogen-bond donors (Lipinski definition) is 2. The van der Waals surface area contributed by atoms with Gasteiger partial charge in [0, 0.05) is 0 Å². The molecule has 0 spiro atoms. The molecular weight excluding hydrogens is 406 g/mol. The molecule has 0 aromatic heterocycles. The van der Waals surface area contributed by atoms with Crippen molar-refractivity contribution in [3.63, 3.8) is 0 Å². The van der Waals surface area contributed by atoms with Crippen molar-refractivity contribution < 1.29 is 19.4 Å². The van der Waals surface area contributed by atoms with Gasteiger partial charge in [-0.2, -0.15) is 0 Å². The van der Waals surface area contributed by atoms with Gasteiger partial charge in [-0.05, 0) is 0 Å². The molecule has 1 aliphatic carbocycles. The Balaban J connectivity index is 3.11. The summed E-state index contributed by atoms with van der Waals surface area (Å²) in [7, 11) is 0. The van der Waals surface area contributed by atoms with Gasteiger partial charge < -0.3 is 0 Å². The quantitative estimate of drug-likeness (QED) is 0.520. The van der Waals surface area contributed by atoms with Crippen molar-refractivity contribution in [1.29, 1.82) is 0 Å². The molecule has 1 atom stereocenters. The molecule has 0 fully saturated rings. The van der Waals surface area contributed by atoms with Gasteiger partial charge in [-0.3, -0.25) is 0 Å². The summed E-state index contributed by atoms with van der Waals surface area (Å²) in [6.45, 7) is 6.45. The van der Waals surface area contributed by atoms with E-state index in [1.807, 2.05) is 0 Å². The number of nitrogens with two attached hydrogens (primary N) is 1. The Labute approximate surface area is 127 Å². The Hall–Kier alpha value is -0.532. The number of hydrogen-bond acceptors (Lipinski definition) is 3. The first-order chi connectivity index (χ1) is 9.17. The molecule has 0 saturated carbocycles. The van der Waals surface area contributed by atoms with Crippen LogP contribution < -0.4 is 11.2 Å². The molecule has 3 N–H and O–H groups in total. The minimum atomic E-state index is 0.271. The normalized spacial score (nSPS) is 23.1. The van der Waals surface area contributed by atoms with Gasteiger partial charge in [0.2, 0.25) is 0 Å². The Morgan fingerprint density at radius 2 is 2.26 bits per heavy atom. The molecule has 0 heterocycles. The summed E-state index contributed by atoms with van der Waals surface area (Å²) in [5.41, 5.74) is 3.76. The van der Waals surface area contributed by atoms with Crippen LogP contribution in [0.1, 0.15) is 52.9 Å². The van der Waals surface area contributed by atoms with Crippen molar-refractivity contribution in [3.05, 3.63) is 23.3 Å². The number of rotatable bonds is 5. The van der Waals surface area contributed by atoms with E-state index in [1.54, 1.807) is 0 Å².